The SMILES string of the molecule is COC(=O)c1cc(OC)c2ncc(C3CC3)cc2c1. The summed E-state index contributed by atoms with van der Waals surface area (Å²) in [6.07, 6.45) is 4.35. The first-order valence-electron chi connectivity index (χ1n) is 6.29. The molecule has 1 aliphatic rings. The van der Waals surface area contributed by atoms with Gasteiger partial charge in [-0.3, -0.25) is 4.98 Å². The third-order valence-corrected chi connectivity index (χ3v) is 3.46. The fraction of sp³-hybridized carbons (Fsp3) is 0.333. The highest BCUT2D eigenvalue weighted by Gasteiger charge is 2.24. The van der Waals surface area contributed by atoms with E-state index in [9.17, 15) is 4.79 Å². The van der Waals surface area contributed by atoms with Crippen LogP contribution in [0.2, 0.25) is 0 Å². The van der Waals surface area contributed by atoms with Crippen molar-refractivity contribution < 1.29 is 14.3 Å². The Bertz CT molecular complexity index is 647. The zero-order valence-electron chi connectivity index (χ0n) is 11.0. The number of carbonyl (C=O) groups is 1. The number of ether oxygens (including phenoxy) is 2. The monoisotopic (exact) mass is 257 g/mol. The first kappa shape index (κ1) is 12.0. The van der Waals surface area contributed by atoms with Gasteiger partial charge in [-0.05, 0) is 42.5 Å². The van der Waals surface area contributed by atoms with Crippen molar-refractivity contribution in [3.05, 3.63) is 35.5 Å². The predicted octanol–water partition coefficient (Wildman–Crippen LogP) is 2.91. The van der Waals surface area contributed by atoms with E-state index in [2.05, 4.69) is 11.1 Å². The summed E-state index contributed by atoms with van der Waals surface area (Å²) >= 11 is 0. The van der Waals surface area contributed by atoms with Gasteiger partial charge in [0.05, 0.1) is 19.8 Å². The standard InChI is InChI=1S/C15H15NO3/c1-18-13-7-11(15(17)19-2)5-10-6-12(9-3-4-9)8-16-14(10)13/h5-9H,3-4H2,1-2H3. The summed E-state index contributed by atoms with van der Waals surface area (Å²) in [5, 5.41) is 0.921. The summed E-state index contributed by atoms with van der Waals surface area (Å²) in [6.45, 7) is 0. The van der Waals surface area contributed by atoms with E-state index in [0.717, 1.165) is 10.9 Å². The Labute approximate surface area is 111 Å². The molecule has 4 nitrogen and oxygen atoms in total. The first-order valence-corrected chi connectivity index (χ1v) is 6.29. The minimum Gasteiger partial charge on any atom is -0.494 e. The first-order chi connectivity index (χ1) is 9.22. The van der Waals surface area contributed by atoms with Gasteiger partial charge in [0.1, 0.15) is 11.3 Å². The highest BCUT2D eigenvalue weighted by Crippen LogP contribution is 2.41. The van der Waals surface area contributed by atoms with E-state index in [1.807, 2.05) is 12.3 Å². The number of benzene rings is 1. The van der Waals surface area contributed by atoms with Crippen LogP contribution in [0.25, 0.3) is 10.9 Å². The normalized spacial score (nSPS) is 14.4. The van der Waals surface area contributed by atoms with Gasteiger partial charge >= 0.3 is 5.97 Å². The number of carbonyl (C=O) groups excluding carboxylic acids is 1. The smallest absolute Gasteiger partial charge is 0.338 e. The van der Waals surface area contributed by atoms with Crippen LogP contribution in [0.5, 0.6) is 5.75 Å². The van der Waals surface area contributed by atoms with Gasteiger partial charge in [0, 0.05) is 11.6 Å². The molecule has 0 radical (unpaired) electrons. The summed E-state index contributed by atoms with van der Waals surface area (Å²) in [5.41, 5.74) is 2.50. The molecule has 0 aliphatic heterocycles. The average Bonchev–Trinajstić information content (AvgIpc) is 3.29. The number of aromatic nitrogens is 1. The lowest BCUT2D eigenvalue weighted by molar-refractivity contribution is 0.0600. The number of hydrogen-bond acceptors (Lipinski definition) is 4. The van der Waals surface area contributed by atoms with Crippen LogP contribution in [0, 0.1) is 0 Å². The van der Waals surface area contributed by atoms with Crippen LogP contribution >= 0.6 is 0 Å². The minimum absolute atomic E-state index is 0.364. The summed E-state index contributed by atoms with van der Waals surface area (Å²) in [5.74, 6) is 0.863. The molecule has 0 bridgehead atoms. The van der Waals surface area contributed by atoms with Gasteiger partial charge in [0.25, 0.3) is 0 Å². The van der Waals surface area contributed by atoms with Crippen LogP contribution in [0.1, 0.15) is 34.7 Å². The van der Waals surface area contributed by atoms with Gasteiger partial charge in [-0.15, -0.1) is 0 Å². The number of methoxy groups -OCH3 is 2. The maximum absolute atomic E-state index is 11.7. The Balaban J connectivity index is 2.17. The van der Waals surface area contributed by atoms with Crippen molar-refractivity contribution in [2.45, 2.75) is 18.8 Å². The fourth-order valence-corrected chi connectivity index (χ4v) is 2.26. The second-order valence-corrected chi connectivity index (χ2v) is 4.78. The predicted molar refractivity (Wildman–Crippen MR) is 71.6 cm³/mol. The lowest BCUT2D eigenvalue weighted by Crippen LogP contribution is -2.02. The van der Waals surface area contributed by atoms with Crippen molar-refractivity contribution >= 4 is 16.9 Å². The highest BCUT2D eigenvalue weighted by atomic mass is 16.5. The van der Waals surface area contributed by atoms with E-state index in [-0.39, 0.29) is 5.97 Å². The quantitative estimate of drug-likeness (QED) is 0.793. The van der Waals surface area contributed by atoms with Gasteiger partial charge in [0.2, 0.25) is 0 Å². The number of fused-ring (bicyclic) bond motifs is 1. The van der Waals surface area contributed by atoms with E-state index in [1.54, 1.807) is 13.2 Å². The van der Waals surface area contributed by atoms with Gasteiger partial charge in [-0.1, -0.05) is 0 Å². The Morgan fingerprint density at radius 2 is 2.05 bits per heavy atom. The van der Waals surface area contributed by atoms with Gasteiger partial charge < -0.3 is 9.47 Å². The molecule has 1 fully saturated rings. The van der Waals surface area contributed by atoms with Crippen molar-refractivity contribution in [1.29, 1.82) is 0 Å². The summed E-state index contributed by atoms with van der Waals surface area (Å²) in [4.78, 5) is 16.1. The molecule has 1 aliphatic carbocycles. The number of nitrogens with zero attached hydrogens (tertiary/aromatic N) is 1. The summed E-state index contributed by atoms with van der Waals surface area (Å²) in [6, 6.07) is 5.56. The molecular formula is C15H15NO3. The van der Waals surface area contributed by atoms with Gasteiger partial charge in [-0.2, -0.15) is 0 Å². The fourth-order valence-electron chi connectivity index (χ4n) is 2.26. The summed E-state index contributed by atoms with van der Waals surface area (Å²) in [7, 11) is 2.95. The van der Waals surface area contributed by atoms with E-state index < -0.39 is 0 Å². The molecule has 0 N–H and O–H groups in total. The number of pyridine rings is 1. The Hall–Kier alpha value is -2.10. The molecule has 0 amide bonds. The molecule has 1 heterocycles. The van der Waals surface area contributed by atoms with E-state index in [4.69, 9.17) is 9.47 Å². The van der Waals surface area contributed by atoms with Gasteiger partial charge in [0.15, 0.2) is 0 Å². The van der Waals surface area contributed by atoms with Crippen LogP contribution < -0.4 is 4.74 Å². The van der Waals surface area contributed by atoms with Crippen molar-refractivity contribution in [2.75, 3.05) is 14.2 Å². The van der Waals surface area contributed by atoms with Gasteiger partial charge in [-0.25, -0.2) is 4.79 Å². The van der Waals surface area contributed by atoms with Crippen molar-refractivity contribution in [2.24, 2.45) is 0 Å². The molecule has 1 aromatic carbocycles. The zero-order chi connectivity index (χ0) is 13.4. The van der Waals surface area contributed by atoms with Crippen LogP contribution in [-0.4, -0.2) is 25.2 Å². The topological polar surface area (TPSA) is 48.4 Å². The molecule has 0 atom stereocenters. The molecule has 19 heavy (non-hydrogen) atoms. The largest absolute Gasteiger partial charge is 0.494 e. The van der Waals surface area contributed by atoms with Crippen LogP contribution in [0.3, 0.4) is 0 Å². The maximum atomic E-state index is 11.7. The Kier molecular flexibility index (Phi) is 2.85. The Morgan fingerprint density at radius 1 is 1.26 bits per heavy atom. The number of esters is 1. The lowest BCUT2D eigenvalue weighted by atomic mass is 10.1. The molecule has 98 valence electrons. The highest BCUT2D eigenvalue weighted by molar-refractivity contribution is 5.97. The maximum Gasteiger partial charge on any atom is 0.338 e. The minimum atomic E-state index is -0.364. The lowest BCUT2D eigenvalue weighted by Gasteiger charge is -2.09. The third kappa shape index (κ3) is 2.14. The zero-order valence-corrected chi connectivity index (χ0v) is 11.0. The van der Waals surface area contributed by atoms with Crippen molar-refractivity contribution in [3.8, 4) is 5.75 Å². The second kappa shape index (κ2) is 4.53. The van der Waals surface area contributed by atoms with Crippen LogP contribution in [-0.2, 0) is 4.74 Å². The third-order valence-electron chi connectivity index (χ3n) is 3.46. The summed E-state index contributed by atoms with van der Waals surface area (Å²) < 4.78 is 10.1. The molecular weight excluding hydrogens is 242 g/mol. The van der Waals surface area contributed by atoms with E-state index >= 15 is 0 Å². The molecule has 0 saturated heterocycles. The average molecular weight is 257 g/mol. The molecule has 3 rings (SSSR count). The van der Waals surface area contributed by atoms with Crippen molar-refractivity contribution in [3.63, 3.8) is 0 Å². The second-order valence-electron chi connectivity index (χ2n) is 4.78. The van der Waals surface area contributed by atoms with Crippen LogP contribution in [0.15, 0.2) is 24.4 Å². The Morgan fingerprint density at radius 3 is 2.68 bits per heavy atom. The molecule has 0 unspecified atom stereocenters. The molecule has 0 spiro atoms. The molecule has 1 aromatic heterocycles. The molecule has 4 heteroatoms. The number of hydrogen-bond donors (Lipinski definition) is 0. The van der Waals surface area contributed by atoms with E-state index in [0.29, 0.717) is 17.2 Å². The van der Waals surface area contributed by atoms with Crippen LogP contribution in [0.4, 0.5) is 0 Å². The number of rotatable bonds is 3. The van der Waals surface area contributed by atoms with Crippen molar-refractivity contribution in [1.82, 2.24) is 4.98 Å². The molecule has 1 saturated carbocycles. The molecule has 2 aromatic rings. The van der Waals surface area contributed by atoms with E-state index in [1.165, 1.54) is 25.5 Å².